The highest BCUT2D eigenvalue weighted by atomic mass is 79.9. The SMILES string of the molecule is NS(=O)(=O)Oc1cccn1Br. The van der Waals surface area contributed by atoms with Crippen molar-refractivity contribution in [3.8, 4) is 5.88 Å². The van der Waals surface area contributed by atoms with E-state index >= 15 is 0 Å². The van der Waals surface area contributed by atoms with Crippen LogP contribution in [0.15, 0.2) is 18.3 Å². The molecule has 0 atom stereocenters. The highest BCUT2D eigenvalue weighted by molar-refractivity contribution is 9.08. The molecule has 5 nitrogen and oxygen atoms in total. The van der Waals surface area contributed by atoms with Crippen molar-refractivity contribution in [3.05, 3.63) is 18.3 Å². The smallest absolute Gasteiger partial charge is 0.351 e. The number of nitrogens with two attached hydrogens (primary N) is 1. The minimum absolute atomic E-state index is 0.118. The second-order valence-electron chi connectivity index (χ2n) is 1.73. The number of aromatic nitrogens is 1. The van der Waals surface area contributed by atoms with E-state index in [1.807, 2.05) is 0 Å². The molecule has 0 saturated heterocycles. The molecule has 0 bridgehead atoms. The molecule has 0 aromatic carbocycles. The van der Waals surface area contributed by atoms with E-state index in [4.69, 9.17) is 0 Å². The highest BCUT2D eigenvalue weighted by Gasteiger charge is 2.07. The Morgan fingerprint density at radius 2 is 2.27 bits per heavy atom. The van der Waals surface area contributed by atoms with Crippen LogP contribution in [0.1, 0.15) is 0 Å². The van der Waals surface area contributed by atoms with Gasteiger partial charge in [0.25, 0.3) is 0 Å². The van der Waals surface area contributed by atoms with Crippen LogP contribution in [0.2, 0.25) is 0 Å². The Morgan fingerprint density at radius 3 is 2.64 bits per heavy atom. The van der Waals surface area contributed by atoms with Gasteiger partial charge in [-0.2, -0.15) is 13.6 Å². The van der Waals surface area contributed by atoms with Crippen molar-refractivity contribution >= 4 is 26.5 Å². The Hall–Kier alpha value is -0.530. The van der Waals surface area contributed by atoms with E-state index in [2.05, 4.69) is 25.5 Å². The first-order valence-electron chi connectivity index (χ1n) is 2.55. The lowest BCUT2D eigenvalue weighted by atomic mass is 10.7. The number of halogens is 1. The maximum Gasteiger partial charge on any atom is 0.381 e. The quantitative estimate of drug-likeness (QED) is 0.805. The van der Waals surface area contributed by atoms with Gasteiger partial charge in [0.2, 0.25) is 5.88 Å². The van der Waals surface area contributed by atoms with Crippen LogP contribution in [0.5, 0.6) is 5.88 Å². The van der Waals surface area contributed by atoms with Crippen LogP contribution in [0.25, 0.3) is 0 Å². The fourth-order valence-corrected chi connectivity index (χ4v) is 1.32. The Balaban J connectivity index is 2.89. The van der Waals surface area contributed by atoms with E-state index in [9.17, 15) is 8.42 Å². The molecule has 0 aliphatic carbocycles. The van der Waals surface area contributed by atoms with Crippen molar-refractivity contribution in [2.75, 3.05) is 0 Å². The van der Waals surface area contributed by atoms with Gasteiger partial charge in [0.15, 0.2) is 0 Å². The van der Waals surface area contributed by atoms with E-state index in [0.717, 1.165) is 0 Å². The molecule has 0 saturated carbocycles. The summed E-state index contributed by atoms with van der Waals surface area (Å²) in [6, 6.07) is 3.06. The summed E-state index contributed by atoms with van der Waals surface area (Å²) in [5.41, 5.74) is 0. The average molecular weight is 241 g/mol. The third-order valence-corrected chi connectivity index (χ3v) is 1.86. The van der Waals surface area contributed by atoms with Crippen LogP contribution < -0.4 is 9.32 Å². The number of hydrogen-bond donors (Lipinski definition) is 1. The van der Waals surface area contributed by atoms with Gasteiger partial charge in [-0.1, -0.05) is 0 Å². The minimum atomic E-state index is -3.92. The van der Waals surface area contributed by atoms with Gasteiger partial charge in [0.05, 0.1) is 16.1 Å². The molecular formula is C4H5BrN2O3S. The van der Waals surface area contributed by atoms with Gasteiger partial charge >= 0.3 is 10.3 Å². The van der Waals surface area contributed by atoms with Gasteiger partial charge in [-0.05, 0) is 6.07 Å². The summed E-state index contributed by atoms with van der Waals surface area (Å²) < 4.78 is 26.4. The number of rotatable bonds is 2. The molecule has 1 heterocycles. The van der Waals surface area contributed by atoms with Crippen molar-refractivity contribution in [1.29, 1.82) is 0 Å². The van der Waals surface area contributed by atoms with E-state index in [0.29, 0.717) is 0 Å². The van der Waals surface area contributed by atoms with Crippen molar-refractivity contribution in [2.24, 2.45) is 5.14 Å². The lowest BCUT2D eigenvalue weighted by Gasteiger charge is -1.99. The zero-order chi connectivity index (χ0) is 8.48. The second kappa shape index (κ2) is 2.84. The summed E-state index contributed by atoms with van der Waals surface area (Å²) in [7, 11) is -3.92. The van der Waals surface area contributed by atoms with Crippen molar-refractivity contribution < 1.29 is 12.6 Å². The monoisotopic (exact) mass is 240 g/mol. The fourth-order valence-electron chi connectivity index (χ4n) is 0.528. The summed E-state index contributed by atoms with van der Waals surface area (Å²) in [5.74, 6) is 0.118. The maximum absolute atomic E-state index is 10.4. The van der Waals surface area contributed by atoms with Crippen LogP contribution in [0.3, 0.4) is 0 Å². The molecule has 62 valence electrons. The predicted octanol–water partition coefficient (Wildman–Crippen LogP) is 0.228. The predicted molar refractivity (Wildman–Crippen MR) is 42.5 cm³/mol. The van der Waals surface area contributed by atoms with E-state index in [1.54, 1.807) is 12.3 Å². The molecule has 0 radical (unpaired) electrons. The summed E-state index contributed by atoms with van der Waals surface area (Å²) in [5, 5.41) is 4.61. The molecule has 0 spiro atoms. The topological polar surface area (TPSA) is 74.3 Å². The van der Waals surface area contributed by atoms with Crippen molar-refractivity contribution in [2.45, 2.75) is 0 Å². The fraction of sp³-hybridized carbons (Fsp3) is 0. The van der Waals surface area contributed by atoms with Gasteiger partial charge in [-0.3, -0.25) is 3.59 Å². The zero-order valence-electron chi connectivity index (χ0n) is 5.27. The van der Waals surface area contributed by atoms with Gasteiger partial charge in [0.1, 0.15) is 0 Å². The Morgan fingerprint density at radius 1 is 1.64 bits per heavy atom. The lowest BCUT2D eigenvalue weighted by Crippen LogP contribution is -2.19. The van der Waals surface area contributed by atoms with E-state index in [-0.39, 0.29) is 5.88 Å². The number of nitrogens with zero attached hydrogens (tertiary/aromatic N) is 1. The molecule has 0 aliphatic rings. The first-order chi connectivity index (χ1) is 4.99. The molecule has 1 rings (SSSR count). The molecular weight excluding hydrogens is 236 g/mol. The van der Waals surface area contributed by atoms with Gasteiger partial charge in [0, 0.05) is 12.3 Å². The Bertz CT molecular complexity index is 344. The van der Waals surface area contributed by atoms with Crippen LogP contribution >= 0.6 is 16.1 Å². The molecule has 2 N–H and O–H groups in total. The third-order valence-electron chi connectivity index (χ3n) is 0.868. The summed E-state index contributed by atoms with van der Waals surface area (Å²) in [6.45, 7) is 0. The van der Waals surface area contributed by atoms with Crippen LogP contribution in [-0.2, 0) is 10.3 Å². The van der Waals surface area contributed by atoms with Crippen LogP contribution in [-0.4, -0.2) is 12.0 Å². The molecule has 11 heavy (non-hydrogen) atoms. The molecule has 0 unspecified atom stereocenters. The summed E-state index contributed by atoms with van der Waals surface area (Å²) in [6.07, 6.45) is 1.57. The number of hydrogen-bond acceptors (Lipinski definition) is 3. The van der Waals surface area contributed by atoms with Gasteiger partial charge in [-0.25, -0.2) is 0 Å². The molecule has 1 aromatic heterocycles. The first-order valence-corrected chi connectivity index (χ1v) is 4.73. The van der Waals surface area contributed by atoms with E-state index < -0.39 is 10.3 Å². The minimum Gasteiger partial charge on any atom is -0.351 e. The molecule has 0 fully saturated rings. The average Bonchev–Trinajstić information content (AvgIpc) is 2.12. The molecule has 7 heteroatoms. The molecule has 0 aliphatic heterocycles. The Labute approximate surface area is 72.4 Å². The van der Waals surface area contributed by atoms with Gasteiger partial charge < -0.3 is 4.18 Å². The van der Waals surface area contributed by atoms with Crippen molar-refractivity contribution in [3.63, 3.8) is 0 Å². The zero-order valence-corrected chi connectivity index (χ0v) is 7.67. The highest BCUT2D eigenvalue weighted by Crippen LogP contribution is 2.15. The van der Waals surface area contributed by atoms with Crippen LogP contribution in [0, 0.1) is 0 Å². The molecule has 1 aromatic rings. The van der Waals surface area contributed by atoms with E-state index in [1.165, 1.54) is 9.66 Å². The standard InChI is InChI=1S/C4H5BrN2O3S/c5-7-3-1-2-4(7)10-11(6,8)9/h1-3H,(H2,6,8,9). The first kappa shape index (κ1) is 8.57. The largest absolute Gasteiger partial charge is 0.381 e. The van der Waals surface area contributed by atoms with Crippen molar-refractivity contribution in [1.82, 2.24) is 3.59 Å². The molecule has 0 amide bonds. The summed E-state index contributed by atoms with van der Waals surface area (Å²) >= 11 is 2.99. The van der Waals surface area contributed by atoms with Gasteiger partial charge in [-0.15, -0.1) is 0 Å². The van der Waals surface area contributed by atoms with Crippen LogP contribution in [0.4, 0.5) is 0 Å². The second-order valence-corrected chi connectivity index (χ2v) is 3.65. The lowest BCUT2D eigenvalue weighted by molar-refractivity contribution is 0.477. The Kier molecular flexibility index (Phi) is 2.21. The summed E-state index contributed by atoms with van der Waals surface area (Å²) in [4.78, 5) is 0. The normalized spacial score (nSPS) is 11.5. The maximum atomic E-state index is 10.4. The third kappa shape index (κ3) is 2.52.